The molecule has 2 aliphatic rings. The van der Waals surface area contributed by atoms with E-state index in [0.717, 1.165) is 22.3 Å². The fraction of sp³-hybridized carbons (Fsp3) is 0.370. The van der Waals surface area contributed by atoms with Crippen LogP contribution in [0.4, 0.5) is 4.79 Å². The van der Waals surface area contributed by atoms with Gasteiger partial charge < -0.3 is 25.0 Å². The molecule has 1 fully saturated rings. The first kappa shape index (κ1) is 24.9. The molecule has 1 aliphatic heterocycles. The van der Waals surface area contributed by atoms with Crippen LogP contribution in [0.5, 0.6) is 0 Å². The number of aryl methyl sites for hydroxylation is 1. The van der Waals surface area contributed by atoms with Gasteiger partial charge in [0.1, 0.15) is 18.9 Å². The maximum Gasteiger partial charge on any atom is 0.407 e. The van der Waals surface area contributed by atoms with Crippen molar-refractivity contribution in [2.45, 2.75) is 43.6 Å². The van der Waals surface area contributed by atoms with Crippen molar-refractivity contribution in [3.05, 3.63) is 92.3 Å². The SMILES string of the molecule is O=C(NCCCc1cn([C@H]2C[C@H](O)[C@@H](CO)O2)c(=O)[nH]c1=O)OCC1c2ccccc2-c2ccccc21. The predicted molar refractivity (Wildman–Crippen MR) is 134 cm³/mol. The number of benzene rings is 2. The van der Waals surface area contributed by atoms with Crippen molar-refractivity contribution in [2.75, 3.05) is 19.8 Å². The smallest absolute Gasteiger partial charge is 0.407 e. The van der Waals surface area contributed by atoms with Crippen molar-refractivity contribution >= 4 is 6.09 Å². The Kier molecular flexibility index (Phi) is 7.22. The molecule has 2 heterocycles. The monoisotopic (exact) mass is 507 g/mol. The Morgan fingerprint density at radius 3 is 2.43 bits per heavy atom. The Morgan fingerprint density at radius 2 is 1.78 bits per heavy atom. The van der Waals surface area contributed by atoms with Crippen molar-refractivity contribution in [1.29, 1.82) is 0 Å². The highest BCUT2D eigenvalue weighted by atomic mass is 16.6. The minimum atomic E-state index is -0.904. The molecule has 4 N–H and O–H groups in total. The van der Waals surface area contributed by atoms with Gasteiger partial charge in [-0.05, 0) is 35.1 Å². The second-order valence-corrected chi connectivity index (χ2v) is 9.29. The number of nitrogens with one attached hydrogen (secondary N) is 2. The van der Waals surface area contributed by atoms with E-state index in [2.05, 4.69) is 34.6 Å². The molecule has 10 heteroatoms. The van der Waals surface area contributed by atoms with Gasteiger partial charge >= 0.3 is 11.8 Å². The standard InChI is InChI=1S/C27H29N3O7/c31-14-23-22(32)12-24(37-23)30-13-16(25(33)29-26(30)34)6-5-11-28-27(35)36-15-21-19-9-3-1-7-17(19)18-8-2-4-10-20(18)21/h1-4,7-10,13,21-24,31-32H,5-6,11-12,14-15H2,(H,28,35)(H,29,33,34)/t22-,23+,24+/m0/s1. The van der Waals surface area contributed by atoms with Gasteiger partial charge in [0, 0.05) is 30.6 Å². The normalized spacial score (nSPS) is 20.4. The van der Waals surface area contributed by atoms with Crippen molar-refractivity contribution < 1.29 is 24.5 Å². The van der Waals surface area contributed by atoms with E-state index in [-0.39, 0.29) is 32.1 Å². The van der Waals surface area contributed by atoms with Gasteiger partial charge in [-0.3, -0.25) is 14.3 Å². The summed E-state index contributed by atoms with van der Waals surface area (Å²) in [5, 5.41) is 21.9. The van der Waals surface area contributed by atoms with Crippen LogP contribution in [0.25, 0.3) is 11.1 Å². The fourth-order valence-electron chi connectivity index (χ4n) is 5.09. The van der Waals surface area contributed by atoms with Gasteiger partial charge in [0.25, 0.3) is 5.56 Å². The van der Waals surface area contributed by atoms with E-state index in [4.69, 9.17) is 9.47 Å². The lowest BCUT2D eigenvalue weighted by Crippen LogP contribution is -2.34. The fourth-order valence-corrected chi connectivity index (χ4v) is 5.09. The van der Waals surface area contributed by atoms with Crippen molar-refractivity contribution in [3.63, 3.8) is 0 Å². The molecule has 2 aromatic carbocycles. The van der Waals surface area contributed by atoms with E-state index >= 15 is 0 Å². The molecule has 1 amide bonds. The summed E-state index contributed by atoms with van der Waals surface area (Å²) in [6.45, 7) is 0.122. The van der Waals surface area contributed by atoms with Crippen molar-refractivity contribution in [3.8, 4) is 11.1 Å². The third-order valence-electron chi connectivity index (χ3n) is 6.97. The predicted octanol–water partition coefficient (Wildman–Crippen LogP) is 1.65. The molecule has 37 heavy (non-hydrogen) atoms. The number of carbonyl (C=O) groups excluding carboxylic acids is 1. The van der Waals surface area contributed by atoms with Gasteiger partial charge in [-0.15, -0.1) is 0 Å². The number of hydrogen-bond acceptors (Lipinski definition) is 7. The quantitative estimate of drug-likeness (QED) is 0.340. The van der Waals surface area contributed by atoms with E-state index in [1.807, 2.05) is 24.3 Å². The summed E-state index contributed by atoms with van der Waals surface area (Å²) in [6, 6.07) is 16.2. The summed E-state index contributed by atoms with van der Waals surface area (Å²) >= 11 is 0. The molecule has 0 radical (unpaired) electrons. The minimum absolute atomic E-state index is 0.0282. The molecule has 0 saturated carbocycles. The zero-order chi connectivity index (χ0) is 25.9. The van der Waals surface area contributed by atoms with Crippen molar-refractivity contribution in [2.24, 2.45) is 0 Å². The third kappa shape index (κ3) is 5.08. The summed E-state index contributed by atoms with van der Waals surface area (Å²) < 4.78 is 12.3. The summed E-state index contributed by atoms with van der Waals surface area (Å²) in [7, 11) is 0. The highest BCUT2D eigenvalue weighted by molar-refractivity contribution is 5.79. The van der Waals surface area contributed by atoms with Crippen LogP contribution in [0.2, 0.25) is 0 Å². The number of carbonyl (C=O) groups is 1. The second kappa shape index (κ2) is 10.7. The Bertz CT molecular complexity index is 1350. The van der Waals surface area contributed by atoms with Crippen LogP contribution in [-0.4, -0.2) is 57.8 Å². The molecular weight excluding hydrogens is 478 g/mol. The Hall–Kier alpha value is -3.73. The summed E-state index contributed by atoms with van der Waals surface area (Å²) in [5.74, 6) is -0.0282. The molecule has 3 atom stereocenters. The first-order valence-corrected chi connectivity index (χ1v) is 12.3. The highest BCUT2D eigenvalue weighted by Crippen LogP contribution is 2.44. The second-order valence-electron chi connectivity index (χ2n) is 9.29. The number of ether oxygens (including phenoxy) is 2. The summed E-state index contributed by atoms with van der Waals surface area (Å²) in [6.07, 6.45) is -0.728. The molecule has 0 spiro atoms. The van der Waals surface area contributed by atoms with Gasteiger partial charge in [0.05, 0.1) is 12.7 Å². The average molecular weight is 508 g/mol. The van der Waals surface area contributed by atoms with Crippen LogP contribution in [0.1, 0.15) is 41.7 Å². The largest absolute Gasteiger partial charge is 0.449 e. The third-order valence-corrected chi connectivity index (χ3v) is 6.97. The maximum absolute atomic E-state index is 12.4. The number of nitrogens with zero attached hydrogens (tertiary/aromatic N) is 1. The van der Waals surface area contributed by atoms with Gasteiger partial charge in [-0.1, -0.05) is 48.5 Å². The van der Waals surface area contributed by atoms with Crippen LogP contribution in [0.3, 0.4) is 0 Å². The number of rotatable bonds is 8. The molecule has 1 aliphatic carbocycles. The molecule has 5 rings (SSSR count). The topological polar surface area (TPSA) is 143 Å². The number of hydrogen-bond donors (Lipinski definition) is 4. The van der Waals surface area contributed by atoms with Crippen LogP contribution in [0.15, 0.2) is 64.3 Å². The van der Waals surface area contributed by atoms with Crippen molar-refractivity contribution in [1.82, 2.24) is 14.9 Å². The Labute approximate surface area is 212 Å². The summed E-state index contributed by atoms with van der Waals surface area (Å²) in [5.41, 5.74) is 3.76. The van der Waals surface area contributed by atoms with E-state index in [0.29, 0.717) is 18.4 Å². The molecule has 1 saturated heterocycles. The molecule has 0 unspecified atom stereocenters. The molecule has 10 nitrogen and oxygen atoms in total. The highest BCUT2D eigenvalue weighted by Gasteiger charge is 2.35. The van der Waals surface area contributed by atoms with E-state index in [1.54, 1.807) is 0 Å². The molecule has 3 aromatic rings. The number of amides is 1. The molecule has 1 aromatic heterocycles. The number of H-pyrrole nitrogens is 1. The minimum Gasteiger partial charge on any atom is -0.449 e. The number of aliphatic hydroxyl groups is 2. The lowest BCUT2D eigenvalue weighted by Gasteiger charge is -2.15. The van der Waals surface area contributed by atoms with E-state index in [1.165, 1.54) is 10.8 Å². The summed E-state index contributed by atoms with van der Waals surface area (Å²) in [4.78, 5) is 39.1. The van der Waals surface area contributed by atoms with Crippen LogP contribution in [-0.2, 0) is 15.9 Å². The molecular formula is C27H29N3O7. The zero-order valence-corrected chi connectivity index (χ0v) is 20.1. The zero-order valence-electron chi connectivity index (χ0n) is 20.1. The Morgan fingerprint density at radius 1 is 1.11 bits per heavy atom. The number of alkyl carbamates (subject to hydrolysis) is 1. The van der Waals surface area contributed by atoms with Crippen LogP contribution >= 0.6 is 0 Å². The lowest BCUT2D eigenvalue weighted by molar-refractivity contribution is -0.0460. The van der Waals surface area contributed by atoms with Crippen LogP contribution < -0.4 is 16.6 Å². The van der Waals surface area contributed by atoms with Crippen LogP contribution in [0, 0.1) is 0 Å². The Balaban J connectivity index is 1.14. The number of fused-ring (bicyclic) bond motifs is 3. The van der Waals surface area contributed by atoms with Gasteiger partial charge in [-0.2, -0.15) is 0 Å². The van der Waals surface area contributed by atoms with Gasteiger partial charge in [0.15, 0.2) is 0 Å². The lowest BCUT2D eigenvalue weighted by atomic mass is 9.98. The number of aliphatic hydroxyl groups excluding tert-OH is 2. The van der Waals surface area contributed by atoms with Gasteiger partial charge in [0.2, 0.25) is 0 Å². The number of aromatic nitrogens is 2. The number of aromatic amines is 1. The first-order valence-electron chi connectivity index (χ1n) is 12.3. The first-order chi connectivity index (χ1) is 18.0. The van der Waals surface area contributed by atoms with E-state index in [9.17, 15) is 24.6 Å². The maximum atomic E-state index is 12.4. The molecule has 194 valence electrons. The molecule has 0 bridgehead atoms. The van der Waals surface area contributed by atoms with Gasteiger partial charge in [-0.25, -0.2) is 9.59 Å². The average Bonchev–Trinajstić information content (AvgIpc) is 3.43. The van der Waals surface area contributed by atoms with E-state index < -0.39 is 35.8 Å².